The first-order valence-corrected chi connectivity index (χ1v) is 5.50. The molecule has 0 saturated heterocycles. The van der Waals surface area contributed by atoms with Gasteiger partial charge < -0.3 is 4.74 Å². The summed E-state index contributed by atoms with van der Waals surface area (Å²) in [5, 5.41) is 2.29. The summed E-state index contributed by atoms with van der Waals surface area (Å²) >= 11 is 0. The van der Waals surface area contributed by atoms with Crippen LogP contribution in [0.5, 0.6) is 5.75 Å². The zero-order valence-corrected chi connectivity index (χ0v) is 9.95. The van der Waals surface area contributed by atoms with Crippen molar-refractivity contribution in [1.29, 1.82) is 0 Å². The fourth-order valence-electron chi connectivity index (χ4n) is 1.94. The highest BCUT2D eigenvalue weighted by Crippen LogP contribution is 2.25. The van der Waals surface area contributed by atoms with E-state index in [4.69, 9.17) is 12.6 Å². The van der Waals surface area contributed by atoms with Crippen LogP contribution >= 0.6 is 0 Å². The molecule has 1 unspecified atom stereocenters. The minimum Gasteiger partial charge on any atom is -0.493 e. The van der Waals surface area contributed by atoms with Crippen LogP contribution < -0.4 is 15.2 Å². The molecule has 0 amide bonds. The predicted octanol–water partition coefficient (Wildman–Crippen LogP) is 1.58. The van der Waals surface area contributed by atoms with E-state index in [9.17, 15) is 0 Å². The van der Waals surface area contributed by atoms with Crippen LogP contribution in [0.2, 0.25) is 0 Å². The maximum absolute atomic E-state index is 5.97. The lowest BCUT2D eigenvalue weighted by molar-refractivity contribution is 0.222. The summed E-state index contributed by atoms with van der Waals surface area (Å²) < 4.78 is 5.82. The minimum atomic E-state index is -0.711. The van der Waals surface area contributed by atoms with Crippen molar-refractivity contribution in [2.75, 3.05) is 0 Å². The van der Waals surface area contributed by atoms with Crippen molar-refractivity contribution in [2.24, 2.45) is 0 Å². The van der Waals surface area contributed by atoms with E-state index in [1.807, 2.05) is 32.9 Å². The second kappa shape index (κ2) is 3.86. The summed E-state index contributed by atoms with van der Waals surface area (Å²) in [7, 11) is 5.97. The Morgan fingerprint density at radius 2 is 2.00 bits per heavy atom. The Balaban J connectivity index is 2.77. The molecule has 2 radical (unpaired) electrons. The summed E-state index contributed by atoms with van der Waals surface area (Å²) in [5.41, 5.74) is 0.374. The van der Waals surface area contributed by atoms with Crippen LogP contribution in [0.3, 0.4) is 0 Å². The summed E-state index contributed by atoms with van der Waals surface area (Å²) in [6, 6.07) is 4.16. The smallest absolute Gasteiger partial charge is 0.137 e. The van der Waals surface area contributed by atoms with Crippen molar-refractivity contribution in [2.45, 2.75) is 26.3 Å². The molecule has 16 heavy (non-hydrogen) atoms. The van der Waals surface area contributed by atoms with Crippen LogP contribution in [0.1, 0.15) is 26.3 Å². The van der Waals surface area contributed by atoms with E-state index in [0.717, 1.165) is 16.5 Å². The number of hydrogen-bond donors (Lipinski definition) is 0. The van der Waals surface area contributed by atoms with E-state index in [2.05, 4.69) is 24.3 Å². The van der Waals surface area contributed by atoms with Crippen LogP contribution in [0.4, 0.5) is 0 Å². The number of rotatable bonds is 0. The average Bonchev–Trinajstić information content (AvgIpc) is 2.26. The standard InChI is InChI=1S/C14H15BO/c1-4-10-6-7-11-8-9-14(3,15)16-13(11)12(10)5-2/h4-9H,1-3H3/b10-4-,12-5+. The van der Waals surface area contributed by atoms with Crippen molar-refractivity contribution in [3.05, 3.63) is 34.2 Å². The Morgan fingerprint density at radius 1 is 1.25 bits per heavy atom. The van der Waals surface area contributed by atoms with Gasteiger partial charge in [0.1, 0.15) is 13.6 Å². The zero-order valence-electron chi connectivity index (χ0n) is 9.95. The zero-order chi connectivity index (χ0) is 11.8. The third-order valence-corrected chi connectivity index (χ3v) is 2.78. The molecule has 0 fully saturated rings. The Hall–Kier alpha value is -1.44. The number of ether oxygens (including phenoxy) is 1. The highest BCUT2D eigenvalue weighted by molar-refractivity contribution is 6.16. The van der Waals surface area contributed by atoms with Crippen LogP contribution in [-0.2, 0) is 0 Å². The van der Waals surface area contributed by atoms with Gasteiger partial charge in [-0.05, 0) is 26.0 Å². The number of hydrogen-bond acceptors (Lipinski definition) is 1. The first-order valence-electron chi connectivity index (χ1n) is 5.50. The molecule has 1 nitrogen and oxygen atoms in total. The van der Waals surface area contributed by atoms with Gasteiger partial charge in [-0.2, -0.15) is 0 Å². The molecule has 0 aromatic heterocycles. The molecule has 1 atom stereocenters. The Morgan fingerprint density at radius 3 is 2.62 bits per heavy atom. The fraction of sp³-hybridized carbons (Fsp3) is 0.286. The topological polar surface area (TPSA) is 9.23 Å². The third kappa shape index (κ3) is 1.80. The van der Waals surface area contributed by atoms with Crippen LogP contribution in [0.15, 0.2) is 18.2 Å². The molecule has 1 aromatic carbocycles. The van der Waals surface area contributed by atoms with E-state index in [1.54, 1.807) is 0 Å². The van der Waals surface area contributed by atoms with E-state index in [1.165, 1.54) is 5.22 Å². The minimum absolute atomic E-state index is 0.711. The summed E-state index contributed by atoms with van der Waals surface area (Å²) in [6.07, 6.45) is 8.03. The molecule has 0 N–H and O–H groups in total. The van der Waals surface area contributed by atoms with Gasteiger partial charge in [0.2, 0.25) is 0 Å². The molecule has 1 heterocycles. The molecule has 0 bridgehead atoms. The molecular weight excluding hydrogens is 195 g/mol. The Kier molecular flexibility index (Phi) is 2.67. The normalized spacial score (nSPS) is 25.4. The molecule has 2 rings (SSSR count). The van der Waals surface area contributed by atoms with Crippen LogP contribution in [0, 0.1) is 0 Å². The van der Waals surface area contributed by atoms with Gasteiger partial charge in [0.15, 0.2) is 0 Å². The first-order chi connectivity index (χ1) is 7.57. The van der Waals surface area contributed by atoms with Crippen LogP contribution in [-0.4, -0.2) is 13.3 Å². The largest absolute Gasteiger partial charge is 0.493 e. The maximum atomic E-state index is 5.97. The van der Waals surface area contributed by atoms with Crippen molar-refractivity contribution in [3.8, 4) is 5.75 Å². The molecule has 1 aliphatic heterocycles. The molecule has 1 aromatic rings. The van der Waals surface area contributed by atoms with Crippen molar-refractivity contribution in [3.63, 3.8) is 0 Å². The first kappa shape index (κ1) is 11.1. The monoisotopic (exact) mass is 210 g/mol. The Bertz CT molecular complexity index is 553. The Labute approximate surface area is 97.5 Å². The van der Waals surface area contributed by atoms with E-state index in [-0.39, 0.29) is 0 Å². The van der Waals surface area contributed by atoms with Crippen molar-refractivity contribution >= 4 is 26.1 Å². The lowest BCUT2D eigenvalue weighted by Gasteiger charge is -2.29. The van der Waals surface area contributed by atoms with E-state index in [0.29, 0.717) is 0 Å². The second-order valence-electron chi connectivity index (χ2n) is 4.18. The van der Waals surface area contributed by atoms with Gasteiger partial charge in [-0.1, -0.05) is 36.4 Å². The average molecular weight is 210 g/mol. The predicted molar refractivity (Wildman–Crippen MR) is 69.8 cm³/mol. The van der Waals surface area contributed by atoms with Gasteiger partial charge in [-0.3, -0.25) is 0 Å². The second-order valence-corrected chi connectivity index (χ2v) is 4.18. The number of benzene rings is 1. The van der Waals surface area contributed by atoms with E-state index < -0.39 is 5.50 Å². The van der Waals surface area contributed by atoms with Gasteiger partial charge in [-0.15, -0.1) is 0 Å². The van der Waals surface area contributed by atoms with Gasteiger partial charge in [0.25, 0.3) is 0 Å². The van der Waals surface area contributed by atoms with E-state index >= 15 is 0 Å². The highest BCUT2D eigenvalue weighted by Gasteiger charge is 2.21. The molecule has 1 aliphatic rings. The van der Waals surface area contributed by atoms with Gasteiger partial charge in [-0.25, -0.2) is 0 Å². The summed E-state index contributed by atoms with van der Waals surface area (Å²) in [4.78, 5) is 0. The van der Waals surface area contributed by atoms with Crippen LogP contribution in [0.25, 0.3) is 18.2 Å². The fourth-order valence-corrected chi connectivity index (χ4v) is 1.94. The molecule has 0 aliphatic carbocycles. The summed E-state index contributed by atoms with van der Waals surface area (Å²) in [6.45, 7) is 5.89. The molecule has 0 spiro atoms. The highest BCUT2D eigenvalue weighted by atomic mass is 16.5. The number of fused-ring (bicyclic) bond motifs is 1. The molecule has 0 saturated carbocycles. The lowest BCUT2D eigenvalue weighted by Crippen LogP contribution is -2.37. The third-order valence-electron chi connectivity index (χ3n) is 2.78. The molecular formula is C14H15BO. The van der Waals surface area contributed by atoms with Crippen molar-refractivity contribution in [1.82, 2.24) is 0 Å². The van der Waals surface area contributed by atoms with Gasteiger partial charge in [0.05, 0.1) is 5.50 Å². The SMILES string of the molecule is [B]C1(C)C=Cc2ccc(=C/C)/c(=C\C)c2O1. The lowest BCUT2D eigenvalue weighted by atomic mass is 9.81. The van der Waals surface area contributed by atoms with Crippen molar-refractivity contribution < 1.29 is 4.74 Å². The quantitative estimate of drug-likeness (QED) is 0.590. The maximum Gasteiger partial charge on any atom is 0.137 e. The molecule has 2 heteroatoms. The summed E-state index contributed by atoms with van der Waals surface area (Å²) in [5.74, 6) is 0.880. The van der Waals surface area contributed by atoms with Gasteiger partial charge in [0, 0.05) is 10.8 Å². The van der Waals surface area contributed by atoms with Gasteiger partial charge >= 0.3 is 0 Å². The molecule has 80 valence electrons.